The second-order valence-electron chi connectivity index (χ2n) is 3.27. The third kappa shape index (κ3) is 1.32. The molecule has 10 heavy (non-hydrogen) atoms. The van der Waals surface area contributed by atoms with E-state index in [9.17, 15) is 0 Å². The Balaban J connectivity index is 1.67. The third-order valence-corrected chi connectivity index (χ3v) is 2.34. The van der Waals surface area contributed by atoms with E-state index in [0.29, 0.717) is 18.3 Å². The molecule has 0 unspecified atom stereocenters. The molecular formula is C8H14O2. The van der Waals surface area contributed by atoms with Crippen molar-refractivity contribution in [1.82, 2.24) is 0 Å². The third-order valence-electron chi connectivity index (χ3n) is 2.34. The van der Waals surface area contributed by atoms with Gasteiger partial charge in [-0.2, -0.15) is 0 Å². The fourth-order valence-corrected chi connectivity index (χ4v) is 1.22. The maximum Gasteiger partial charge on any atom is 0.107 e. The molecule has 0 aromatic rings. The van der Waals surface area contributed by atoms with Crippen LogP contribution in [0.25, 0.3) is 0 Å². The minimum absolute atomic E-state index is 0.338. The molecule has 1 heterocycles. The van der Waals surface area contributed by atoms with Crippen molar-refractivity contribution < 1.29 is 9.47 Å². The van der Waals surface area contributed by atoms with Gasteiger partial charge in [0.25, 0.3) is 0 Å². The molecule has 2 aliphatic rings. The molecule has 1 aliphatic heterocycles. The van der Waals surface area contributed by atoms with Crippen LogP contribution < -0.4 is 0 Å². The van der Waals surface area contributed by atoms with Gasteiger partial charge in [0.15, 0.2) is 0 Å². The van der Waals surface area contributed by atoms with Crippen LogP contribution in [0, 0.1) is 0 Å². The van der Waals surface area contributed by atoms with E-state index in [2.05, 4.69) is 6.92 Å². The molecule has 0 bridgehead atoms. The molecule has 2 fully saturated rings. The first-order valence-electron chi connectivity index (χ1n) is 4.13. The molecule has 0 amide bonds. The van der Waals surface area contributed by atoms with E-state index in [1.165, 1.54) is 19.3 Å². The van der Waals surface area contributed by atoms with Gasteiger partial charge in [-0.1, -0.05) is 0 Å². The second-order valence-corrected chi connectivity index (χ2v) is 3.27. The summed E-state index contributed by atoms with van der Waals surface area (Å²) in [6.45, 7) is 3.02. The monoisotopic (exact) mass is 142 g/mol. The van der Waals surface area contributed by atoms with E-state index in [1.807, 2.05) is 0 Å². The minimum atomic E-state index is 0.338. The predicted octanol–water partition coefficient (Wildman–Crippen LogP) is 1.34. The van der Waals surface area contributed by atoms with Crippen LogP contribution >= 0.6 is 0 Å². The lowest BCUT2D eigenvalue weighted by molar-refractivity contribution is -0.0527. The summed E-state index contributed by atoms with van der Waals surface area (Å²) in [7, 11) is 0. The minimum Gasteiger partial charge on any atom is -0.372 e. The Morgan fingerprint density at radius 2 is 2.20 bits per heavy atom. The van der Waals surface area contributed by atoms with E-state index < -0.39 is 0 Å². The lowest BCUT2D eigenvalue weighted by Gasteiger charge is -2.28. The Bertz CT molecular complexity index is 116. The Morgan fingerprint density at radius 1 is 1.50 bits per heavy atom. The maximum absolute atomic E-state index is 5.69. The second kappa shape index (κ2) is 2.51. The smallest absolute Gasteiger partial charge is 0.107 e. The molecule has 0 aromatic heterocycles. The number of rotatable bonds is 3. The predicted molar refractivity (Wildman–Crippen MR) is 37.9 cm³/mol. The molecule has 2 atom stereocenters. The summed E-state index contributed by atoms with van der Waals surface area (Å²) in [4.78, 5) is 0. The van der Waals surface area contributed by atoms with Crippen LogP contribution in [0.2, 0.25) is 0 Å². The van der Waals surface area contributed by atoms with Crippen LogP contribution in [0.15, 0.2) is 0 Å². The molecular weight excluding hydrogens is 128 g/mol. The van der Waals surface area contributed by atoms with Gasteiger partial charge in [-0.15, -0.1) is 0 Å². The Labute approximate surface area is 61.5 Å². The number of epoxide rings is 1. The molecule has 1 saturated carbocycles. The molecule has 58 valence electrons. The zero-order chi connectivity index (χ0) is 6.97. The van der Waals surface area contributed by atoms with Gasteiger partial charge >= 0.3 is 0 Å². The van der Waals surface area contributed by atoms with Crippen LogP contribution in [-0.2, 0) is 9.47 Å². The summed E-state index contributed by atoms with van der Waals surface area (Å²) in [5.74, 6) is 0. The quantitative estimate of drug-likeness (QED) is 0.555. The van der Waals surface area contributed by atoms with Crippen molar-refractivity contribution in [2.45, 2.75) is 44.5 Å². The number of hydrogen-bond donors (Lipinski definition) is 0. The lowest BCUT2D eigenvalue weighted by atomic mass is 9.96. The average molecular weight is 142 g/mol. The van der Waals surface area contributed by atoms with E-state index >= 15 is 0 Å². The Kier molecular flexibility index (Phi) is 1.66. The zero-order valence-electron chi connectivity index (χ0n) is 6.38. The number of ether oxygens (including phenoxy) is 2. The SMILES string of the molecule is C[C@@H](OC1CCC1)[C@H]1CO1. The van der Waals surface area contributed by atoms with Gasteiger partial charge in [0.05, 0.1) is 18.8 Å². The first-order chi connectivity index (χ1) is 4.86. The van der Waals surface area contributed by atoms with Crippen LogP contribution in [0.1, 0.15) is 26.2 Å². The molecule has 2 nitrogen and oxygen atoms in total. The standard InChI is InChI=1S/C8H14O2/c1-6(8-5-9-8)10-7-3-2-4-7/h6-8H,2-5H2,1H3/t6-,8-/m1/s1. The molecule has 2 heteroatoms. The van der Waals surface area contributed by atoms with Crippen LogP contribution in [-0.4, -0.2) is 24.9 Å². The van der Waals surface area contributed by atoms with Crippen molar-refractivity contribution in [3.63, 3.8) is 0 Å². The van der Waals surface area contributed by atoms with Crippen molar-refractivity contribution in [2.24, 2.45) is 0 Å². The molecule has 2 rings (SSSR count). The van der Waals surface area contributed by atoms with Crippen molar-refractivity contribution in [2.75, 3.05) is 6.61 Å². The largest absolute Gasteiger partial charge is 0.372 e. The Morgan fingerprint density at radius 3 is 2.60 bits per heavy atom. The molecule has 0 spiro atoms. The van der Waals surface area contributed by atoms with Gasteiger partial charge in [0.2, 0.25) is 0 Å². The first kappa shape index (κ1) is 6.62. The fraction of sp³-hybridized carbons (Fsp3) is 1.00. The van der Waals surface area contributed by atoms with Gasteiger partial charge in [-0.3, -0.25) is 0 Å². The fourth-order valence-electron chi connectivity index (χ4n) is 1.22. The molecule has 0 radical (unpaired) electrons. The molecule has 1 saturated heterocycles. The summed E-state index contributed by atoms with van der Waals surface area (Å²) < 4.78 is 10.8. The Hall–Kier alpha value is -0.0800. The topological polar surface area (TPSA) is 21.8 Å². The van der Waals surface area contributed by atoms with E-state index in [0.717, 1.165) is 6.61 Å². The highest BCUT2D eigenvalue weighted by Gasteiger charge is 2.33. The van der Waals surface area contributed by atoms with E-state index in [4.69, 9.17) is 9.47 Å². The van der Waals surface area contributed by atoms with Crippen molar-refractivity contribution in [3.8, 4) is 0 Å². The number of hydrogen-bond acceptors (Lipinski definition) is 2. The lowest BCUT2D eigenvalue weighted by Crippen LogP contribution is -2.28. The van der Waals surface area contributed by atoms with Crippen molar-refractivity contribution >= 4 is 0 Å². The van der Waals surface area contributed by atoms with E-state index in [1.54, 1.807) is 0 Å². The molecule has 0 aromatic carbocycles. The summed E-state index contributed by atoms with van der Waals surface area (Å²) in [5, 5.41) is 0. The summed E-state index contributed by atoms with van der Waals surface area (Å²) in [6.07, 6.45) is 5.18. The van der Waals surface area contributed by atoms with Gasteiger partial charge in [0, 0.05) is 0 Å². The van der Waals surface area contributed by atoms with Crippen LogP contribution in [0.3, 0.4) is 0 Å². The highest BCUT2D eigenvalue weighted by atomic mass is 16.6. The highest BCUT2D eigenvalue weighted by Crippen LogP contribution is 2.26. The summed E-state index contributed by atoms with van der Waals surface area (Å²) in [5.41, 5.74) is 0. The van der Waals surface area contributed by atoms with Gasteiger partial charge in [-0.05, 0) is 26.2 Å². The summed E-state index contributed by atoms with van der Waals surface area (Å²) >= 11 is 0. The van der Waals surface area contributed by atoms with Crippen molar-refractivity contribution in [1.29, 1.82) is 0 Å². The van der Waals surface area contributed by atoms with Gasteiger partial charge < -0.3 is 9.47 Å². The zero-order valence-corrected chi connectivity index (χ0v) is 6.38. The normalized spacial score (nSPS) is 35.1. The van der Waals surface area contributed by atoms with Gasteiger partial charge in [-0.25, -0.2) is 0 Å². The molecule has 1 aliphatic carbocycles. The average Bonchev–Trinajstić information content (AvgIpc) is 2.58. The van der Waals surface area contributed by atoms with Crippen LogP contribution in [0.4, 0.5) is 0 Å². The van der Waals surface area contributed by atoms with Crippen molar-refractivity contribution in [3.05, 3.63) is 0 Å². The maximum atomic E-state index is 5.69. The van der Waals surface area contributed by atoms with Gasteiger partial charge in [0.1, 0.15) is 6.10 Å². The summed E-state index contributed by atoms with van der Waals surface area (Å²) in [6, 6.07) is 0. The first-order valence-corrected chi connectivity index (χ1v) is 4.13. The van der Waals surface area contributed by atoms with E-state index in [-0.39, 0.29) is 0 Å². The highest BCUT2D eigenvalue weighted by molar-refractivity contribution is 4.79. The molecule has 0 N–H and O–H groups in total. The van der Waals surface area contributed by atoms with Crippen LogP contribution in [0.5, 0.6) is 0 Å².